The number of fused-ring (bicyclic) bond motifs is 1. The summed E-state index contributed by atoms with van der Waals surface area (Å²) in [7, 11) is 0. The Bertz CT molecular complexity index is 837. The van der Waals surface area contributed by atoms with Gasteiger partial charge in [0.25, 0.3) is 0 Å². The lowest BCUT2D eigenvalue weighted by Crippen LogP contribution is -2.28. The fraction of sp³-hybridized carbons (Fsp3) is 0.176. The van der Waals surface area contributed by atoms with Crippen molar-refractivity contribution < 1.29 is 4.79 Å². The fourth-order valence-electron chi connectivity index (χ4n) is 2.17. The lowest BCUT2D eigenvalue weighted by Gasteiger charge is -2.08. The van der Waals surface area contributed by atoms with Crippen molar-refractivity contribution in [2.45, 2.75) is 13.5 Å². The summed E-state index contributed by atoms with van der Waals surface area (Å²) >= 11 is 0. The molecule has 0 radical (unpaired) electrons. The maximum atomic E-state index is 11.6. The SMILES string of the molecule is CCNC(=O)Nc1cnc2ccc(NCc3ccccc3)nc2n1. The van der Waals surface area contributed by atoms with Gasteiger partial charge in [-0.3, -0.25) is 5.32 Å². The van der Waals surface area contributed by atoms with Gasteiger partial charge in [-0.15, -0.1) is 0 Å². The molecule has 0 fully saturated rings. The number of pyridine rings is 1. The van der Waals surface area contributed by atoms with Crippen LogP contribution in [0.3, 0.4) is 0 Å². The van der Waals surface area contributed by atoms with Crippen molar-refractivity contribution in [1.82, 2.24) is 20.3 Å². The van der Waals surface area contributed by atoms with Gasteiger partial charge in [-0.05, 0) is 24.6 Å². The second-order valence-corrected chi connectivity index (χ2v) is 5.12. The molecule has 0 bridgehead atoms. The van der Waals surface area contributed by atoms with Gasteiger partial charge < -0.3 is 10.6 Å². The first-order valence-corrected chi connectivity index (χ1v) is 7.71. The Morgan fingerprint density at radius 1 is 1.04 bits per heavy atom. The highest BCUT2D eigenvalue weighted by Crippen LogP contribution is 2.14. The first-order valence-electron chi connectivity index (χ1n) is 7.71. The Morgan fingerprint density at radius 2 is 1.83 bits per heavy atom. The van der Waals surface area contributed by atoms with E-state index in [4.69, 9.17) is 0 Å². The van der Waals surface area contributed by atoms with Crippen LogP contribution in [0.5, 0.6) is 0 Å². The number of carbonyl (C=O) groups is 1. The number of hydrogen-bond donors (Lipinski definition) is 3. The number of nitrogens with zero attached hydrogens (tertiary/aromatic N) is 3. The lowest BCUT2D eigenvalue weighted by atomic mass is 10.2. The van der Waals surface area contributed by atoms with Gasteiger partial charge in [0, 0.05) is 13.1 Å². The van der Waals surface area contributed by atoms with Gasteiger partial charge in [-0.2, -0.15) is 0 Å². The van der Waals surface area contributed by atoms with Crippen molar-refractivity contribution in [3.8, 4) is 0 Å². The average molecular weight is 322 g/mol. The van der Waals surface area contributed by atoms with Crippen molar-refractivity contribution in [2.24, 2.45) is 0 Å². The second-order valence-electron chi connectivity index (χ2n) is 5.12. The molecule has 2 aromatic heterocycles. The smallest absolute Gasteiger partial charge is 0.320 e. The van der Waals surface area contributed by atoms with Crippen LogP contribution in [0.25, 0.3) is 11.2 Å². The van der Waals surface area contributed by atoms with E-state index in [0.717, 1.165) is 5.56 Å². The highest BCUT2D eigenvalue weighted by Gasteiger charge is 2.05. The van der Waals surface area contributed by atoms with Crippen LogP contribution in [0.2, 0.25) is 0 Å². The number of anilines is 2. The third kappa shape index (κ3) is 3.95. The number of nitrogens with one attached hydrogen (secondary N) is 3. The fourth-order valence-corrected chi connectivity index (χ4v) is 2.17. The maximum Gasteiger partial charge on any atom is 0.320 e. The van der Waals surface area contributed by atoms with Gasteiger partial charge in [0.15, 0.2) is 11.5 Å². The quantitative estimate of drug-likeness (QED) is 0.672. The Balaban J connectivity index is 1.74. The largest absolute Gasteiger partial charge is 0.366 e. The van der Waals surface area contributed by atoms with Crippen LogP contribution in [0, 0.1) is 0 Å². The van der Waals surface area contributed by atoms with E-state index in [2.05, 4.69) is 30.9 Å². The van der Waals surface area contributed by atoms with Crippen LogP contribution >= 0.6 is 0 Å². The van der Waals surface area contributed by atoms with E-state index in [9.17, 15) is 4.79 Å². The van der Waals surface area contributed by atoms with Crippen molar-refractivity contribution in [3.05, 3.63) is 54.2 Å². The molecule has 0 aliphatic carbocycles. The summed E-state index contributed by atoms with van der Waals surface area (Å²) in [5.74, 6) is 1.07. The van der Waals surface area contributed by atoms with Crippen molar-refractivity contribution in [2.75, 3.05) is 17.2 Å². The van der Waals surface area contributed by atoms with Gasteiger partial charge in [0.05, 0.1) is 6.20 Å². The van der Waals surface area contributed by atoms with E-state index in [1.54, 1.807) is 0 Å². The van der Waals surface area contributed by atoms with Gasteiger partial charge in [0.1, 0.15) is 11.3 Å². The molecule has 3 aromatic rings. The maximum absolute atomic E-state index is 11.6. The normalized spacial score (nSPS) is 10.4. The molecule has 0 spiro atoms. The number of aromatic nitrogens is 3. The first kappa shape index (κ1) is 15.7. The molecule has 3 rings (SSSR count). The molecule has 7 nitrogen and oxygen atoms in total. The third-order valence-corrected chi connectivity index (χ3v) is 3.30. The minimum Gasteiger partial charge on any atom is -0.366 e. The van der Waals surface area contributed by atoms with E-state index in [-0.39, 0.29) is 6.03 Å². The highest BCUT2D eigenvalue weighted by atomic mass is 16.2. The summed E-state index contributed by atoms with van der Waals surface area (Å²) in [6, 6.07) is 13.5. The first-order chi connectivity index (χ1) is 11.7. The van der Waals surface area contributed by atoms with Crippen molar-refractivity contribution >= 4 is 28.8 Å². The molecule has 0 unspecified atom stereocenters. The Hall–Kier alpha value is -3.22. The zero-order valence-corrected chi connectivity index (χ0v) is 13.3. The van der Waals surface area contributed by atoms with Crippen LogP contribution in [0.1, 0.15) is 12.5 Å². The number of benzene rings is 1. The monoisotopic (exact) mass is 322 g/mol. The van der Waals surface area contributed by atoms with E-state index in [1.807, 2.05) is 49.4 Å². The number of carbonyl (C=O) groups excluding carboxylic acids is 1. The molecule has 1 aromatic carbocycles. The van der Waals surface area contributed by atoms with Crippen LogP contribution < -0.4 is 16.0 Å². The van der Waals surface area contributed by atoms with E-state index < -0.39 is 0 Å². The van der Waals surface area contributed by atoms with E-state index in [0.29, 0.717) is 35.9 Å². The van der Waals surface area contributed by atoms with Gasteiger partial charge >= 0.3 is 6.03 Å². The predicted molar refractivity (Wildman–Crippen MR) is 93.8 cm³/mol. The highest BCUT2D eigenvalue weighted by molar-refractivity contribution is 5.89. The summed E-state index contributed by atoms with van der Waals surface area (Å²) in [6.07, 6.45) is 1.51. The molecular formula is C17H18N6O. The summed E-state index contributed by atoms with van der Waals surface area (Å²) < 4.78 is 0. The van der Waals surface area contributed by atoms with Gasteiger partial charge in [-0.1, -0.05) is 30.3 Å². The zero-order valence-electron chi connectivity index (χ0n) is 13.3. The minimum absolute atomic E-state index is 0.315. The molecule has 0 saturated heterocycles. The molecule has 2 amide bonds. The minimum atomic E-state index is -0.315. The third-order valence-electron chi connectivity index (χ3n) is 3.30. The number of rotatable bonds is 5. The summed E-state index contributed by atoms with van der Waals surface area (Å²) in [4.78, 5) is 24.6. The Labute approximate surface area is 139 Å². The van der Waals surface area contributed by atoms with E-state index >= 15 is 0 Å². The molecule has 7 heteroatoms. The molecule has 24 heavy (non-hydrogen) atoms. The second kappa shape index (κ2) is 7.36. The number of urea groups is 1. The summed E-state index contributed by atoms with van der Waals surface area (Å²) in [6.45, 7) is 3.06. The number of amides is 2. The zero-order chi connectivity index (χ0) is 16.8. The molecule has 0 saturated carbocycles. The number of hydrogen-bond acceptors (Lipinski definition) is 5. The molecule has 3 N–H and O–H groups in total. The molecule has 0 aliphatic heterocycles. The van der Waals surface area contributed by atoms with Gasteiger partial charge in [-0.25, -0.2) is 19.7 Å². The van der Waals surface area contributed by atoms with Crippen molar-refractivity contribution in [3.63, 3.8) is 0 Å². The molecule has 122 valence electrons. The molecular weight excluding hydrogens is 304 g/mol. The van der Waals surface area contributed by atoms with Crippen LogP contribution in [0.15, 0.2) is 48.7 Å². The van der Waals surface area contributed by atoms with Crippen LogP contribution in [-0.2, 0) is 6.54 Å². The summed E-state index contributed by atoms with van der Waals surface area (Å²) in [5, 5.41) is 8.52. The van der Waals surface area contributed by atoms with Crippen LogP contribution in [0.4, 0.5) is 16.4 Å². The summed E-state index contributed by atoms with van der Waals surface area (Å²) in [5.41, 5.74) is 2.31. The van der Waals surface area contributed by atoms with E-state index in [1.165, 1.54) is 6.20 Å². The standard InChI is InChI=1S/C17H18N6O/c1-2-18-17(24)23-15-11-19-13-8-9-14(21-16(13)22-15)20-10-12-6-4-3-5-7-12/h3-9,11H,2,10H2,1H3,(H3,18,20,21,22,23,24). The Kier molecular flexibility index (Phi) is 4.81. The lowest BCUT2D eigenvalue weighted by molar-refractivity contribution is 0.252. The molecule has 0 aliphatic rings. The van der Waals surface area contributed by atoms with Crippen molar-refractivity contribution in [1.29, 1.82) is 0 Å². The predicted octanol–water partition coefficient (Wildman–Crippen LogP) is 2.78. The van der Waals surface area contributed by atoms with Crippen LogP contribution in [-0.4, -0.2) is 27.5 Å². The van der Waals surface area contributed by atoms with Gasteiger partial charge in [0.2, 0.25) is 0 Å². The Morgan fingerprint density at radius 3 is 2.62 bits per heavy atom. The molecule has 0 atom stereocenters. The molecule has 2 heterocycles. The topological polar surface area (TPSA) is 91.8 Å². The average Bonchev–Trinajstić information content (AvgIpc) is 2.60.